The van der Waals surface area contributed by atoms with E-state index in [1.807, 2.05) is 13.8 Å². The summed E-state index contributed by atoms with van der Waals surface area (Å²) >= 11 is 0. The first-order valence-corrected chi connectivity index (χ1v) is 5.39. The van der Waals surface area contributed by atoms with Crippen LogP contribution in [0.5, 0.6) is 0 Å². The van der Waals surface area contributed by atoms with Crippen LogP contribution in [0.4, 0.5) is 0 Å². The van der Waals surface area contributed by atoms with E-state index in [9.17, 15) is 4.79 Å². The second-order valence-electron chi connectivity index (χ2n) is 4.49. The van der Waals surface area contributed by atoms with Crippen molar-refractivity contribution >= 4 is 5.91 Å². The van der Waals surface area contributed by atoms with Crippen LogP contribution in [0, 0.1) is 18.3 Å². The fraction of sp³-hybridized carbons (Fsp3) is 0.750. The third-order valence-corrected chi connectivity index (χ3v) is 2.12. The van der Waals surface area contributed by atoms with Crippen molar-refractivity contribution in [3.63, 3.8) is 0 Å². The molecule has 0 saturated carbocycles. The topological polar surface area (TPSA) is 46.3 Å². The van der Waals surface area contributed by atoms with Gasteiger partial charge in [-0.25, -0.2) is 0 Å². The first kappa shape index (κ1) is 14.0. The number of rotatable bonds is 5. The predicted molar refractivity (Wildman–Crippen MR) is 63.1 cm³/mol. The van der Waals surface area contributed by atoms with Gasteiger partial charge in [-0.2, -0.15) is 0 Å². The van der Waals surface area contributed by atoms with Gasteiger partial charge in [0.1, 0.15) is 0 Å². The third kappa shape index (κ3) is 4.85. The lowest BCUT2D eigenvalue weighted by atomic mass is 10.1. The molecule has 1 amide bonds. The molecule has 86 valence electrons. The van der Waals surface area contributed by atoms with Crippen LogP contribution in [0.3, 0.4) is 0 Å². The number of hydrogen-bond donors (Lipinski definition) is 1. The average Bonchev–Trinajstić information content (AvgIpc) is 2.12. The first-order chi connectivity index (χ1) is 6.90. The molecule has 0 aromatic heterocycles. The Kier molecular flexibility index (Phi) is 6.03. The Labute approximate surface area is 93.0 Å². The Morgan fingerprint density at radius 2 is 1.93 bits per heavy atom. The van der Waals surface area contributed by atoms with Crippen molar-refractivity contribution < 1.29 is 4.79 Å². The van der Waals surface area contributed by atoms with E-state index < -0.39 is 6.04 Å². The van der Waals surface area contributed by atoms with E-state index in [0.29, 0.717) is 12.3 Å². The molecule has 0 heterocycles. The van der Waals surface area contributed by atoms with Crippen LogP contribution in [0.2, 0.25) is 0 Å². The zero-order valence-corrected chi connectivity index (χ0v) is 10.2. The summed E-state index contributed by atoms with van der Waals surface area (Å²) in [5.74, 6) is 2.82. The zero-order valence-electron chi connectivity index (χ0n) is 10.2. The second kappa shape index (κ2) is 6.47. The SMILES string of the molecule is C#CCC(N)C(=O)N(CC(C)C)C(C)C. The van der Waals surface area contributed by atoms with E-state index >= 15 is 0 Å². The number of hydrogen-bond acceptors (Lipinski definition) is 2. The molecule has 0 aliphatic carbocycles. The van der Waals surface area contributed by atoms with Crippen molar-refractivity contribution in [3.8, 4) is 12.3 Å². The van der Waals surface area contributed by atoms with Crippen LogP contribution >= 0.6 is 0 Å². The van der Waals surface area contributed by atoms with Crippen molar-refractivity contribution in [1.29, 1.82) is 0 Å². The summed E-state index contributed by atoms with van der Waals surface area (Å²) < 4.78 is 0. The standard InChI is InChI=1S/C12H22N2O/c1-6-7-11(13)12(15)14(10(4)5)8-9(2)3/h1,9-11H,7-8,13H2,2-5H3. The Balaban J connectivity index is 4.49. The lowest BCUT2D eigenvalue weighted by Gasteiger charge is -2.30. The van der Waals surface area contributed by atoms with Gasteiger partial charge in [0, 0.05) is 19.0 Å². The van der Waals surface area contributed by atoms with Gasteiger partial charge in [0.05, 0.1) is 6.04 Å². The Hall–Kier alpha value is -1.01. The van der Waals surface area contributed by atoms with Crippen LogP contribution in [0.15, 0.2) is 0 Å². The molecule has 0 aromatic carbocycles. The lowest BCUT2D eigenvalue weighted by Crippen LogP contribution is -2.48. The largest absolute Gasteiger partial charge is 0.339 e. The van der Waals surface area contributed by atoms with Gasteiger partial charge in [0.2, 0.25) is 5.91 Å². The number of amides is 1. The normalized spacial score (nSPS) is 12.7. The predicted octanol–water partition coefficient (Wildman–Crippen LogP) is 1.23. The average molecular weight is 210 g/mol. The third-order valence-electron chi connectivity index (χ3n) is 2.12. The van der Waals surface area contributed by atoms with Crippen molar-refractivity contribution in [3.05, 3.63) is 0 Å². The fourth-order valence-electron chi connectivity index (χ4n) is 1.38. The second-order valence-corrected chi connectivity index (χ2v) is 4.49. The summed E-state index contributed by atoms with van der Waals surface area (Å²) in [6.45, 7) is 8.87. The molecular weight excluding hydrogens is 188 g/mol. The van der Waals surface area contributed by atoms with Gasteiger partial charge in [-0.1, -0.05) is 13.8 Å². The van der Waals surface area contributed by atoms with Gasteiger partial charge in [-0.05, 0) is 19.8 Å². The minimum atomic E-state index is -0.559. The van der Waals surface area contributed by atoms with Crippen molar-refractivity contribution in [2.45, 2.75) is 46.2 Å². The minimum Gasteiger partial charge on any atom is -0.339 e. The van der Waals surface area contributed by atoms with Gasteiger partial charge >= 0.3 is 0 Å². The molecular formula is C12H22N2O. The number of nitrogens with zero attached hydrogens (tertiary/aromatic N) is 1. The Bertz CT molecular complexity index is 240. The molecule has 0 spiro atoms. The molecule has 0 fully saturated rings. The fourth-order valence-corrected chi connectivity index (χ4v) is 1.38. The minimum absolute atomic E-state index is 0.0448. The van der Waals surface area contributed by atoms with E-state index in [1.54, 1.807) is 4.90 Å². The molecule has 3 heteroatoms. The molecule has 0 saturated heterocycles. The highest BCUT2D eigenvalue weighted by Crippen LogP contribution is 2.07. The van der Waals surface area contributed by atoms with Crippen molar-refractivity contribution in [2.75, 3.05) is 6.54 Å². The Morgan fingerprint density at radius 3 is 2.27 bits per heavy atom. The Morgan fingerprint density at radius 1 is 1.40 bits per heavy atom. The van der Waals surface area contributed by atoms with Crippen LogP contribution in [0.25, 0.3) is 0 Å². The maximum Gasteiger partial charge on any atom is 0.240 e. The molecule has 0 aliphatic rings. The molecule has 2 N–H and O–H groups in total. The molecule has 0 radical (unpaired) electrons. The van der Waals surface area contributed by atoms with Gasteiger partial charge in [-0.15, -0.1) is 12.3 Å². The van der Waals surface area contributed by atoms with E-state index in [1.165, 1.54) is 0 Å². The molecule has 1 atom stereocenters. The van der Waals surface area contributed by atoms with Gasteiger partial charge < -0.3 is 10.6 Å². The lowest BCUT2D eigenvalue weighted by molar-refractivity contribution is -0.134. The highest BCUT2D eigenvalue weighted by atomic mass is 16.2. The highest BCUT2D eigenvalue weighted by Gasteiger charge is 2.22. The number of terminal acetylenes is 1. The van der Waals surface area contributed by atoms with E-state index in [4.69, 9.17) is 12.2 Å². The summed E-state index contributed by atoms with van der Waals surface area (Å²) in [4.78, 5) is 13.7. The zero-order chi connectivity index (χ0) is 12.0. The summed E-state index contributed by atoms with van der Waals surface area (Å²) in [7, 11) is 0. The smallest absolute Gasteiger partial charge is 0.240 e. The first-order valence-electron chi connectivity index (χ1n) is 5.39. The maximum absolute atomic E-state index is 11.9. The van der Waals surface area contributed by atoms with Crippen molar-refractivity contribution in [2.24, 2.45) is 11.7 Å². The molecule has 3 nitrogen and oxygen atoms in total. The van der Waals surface area contributed by atoms with E-state index in [2.05, 4.69) is 19.8 Å². The highest BCUT2D eigenvalue weighted by molar-refractivity contribution is 5.82. The molecule has 0 rings (SSSR count). The summed E-state index contributed by atoms with van der Waals surface area (Å²) in [6, 6.07) is -0.389. The van der Waals surface area contributed by atoms with Crippen molar-refractivity contribution in [1.82, 2.24) is 4.90 Å². The van der Waals surface area contributed by atoms with Crippen LogP contribution < -0.4 is 5.73 Å². The number of carbonyl (C=O) groups is 1. The molecule has 15 heavy (non-hydrogen) atoms. The summed E-state index contributed by atoms with van der Waals surface area (Å²) in [6.07, 6.45) is 5.45. The van der Waals surface area contributed by atoms with Crippen LogP contribution in [-0.4, -0.2) is 29.4 Å². The van der Waals surface area contributed by atoms with Crippen LogP contribution in [-0.2, 0) is 4.79 Å². The maximum atomic E-state index is 11.9. The van der Waals surface area contributed by atoms with Crippen LogP contribution in [0.1, 0.15) is 34.1 Å². The quantitative estimate of drug-likeness (QED) is 0.694. The van der Waals surface area contributed by atoms with E-state index in [0.717, 1.165) is 6.54 Å². The monoisotopic (exact) mass is 210 g/mol. The molecule has 0 aromatic rings. The summed E-state index contributed by atoms with van der Waals surface area (Å²) in [5.41, 5.74) is 5.71. The summed E-state index contributed by atoms with van der Waals surface area (Å²) in [5, 5.41) is 0. The molecule has 0 bridgehead atoms. The van der Waals surface area contributed by atoms with Gasteiger partial charge in [-0.3, -0.25) is 4.79 Å². The van der Waals surface area contributed by atoms with E-state index in [-0.39, 0.29) is 11.9 Å². The van der Waals surface area contributed by atoms with Gasteiger partial charge in [0.15, 0.2) is 0 Å². The number of carbonyl (C=O) groups excluding carboxylic acids is 1. The number of nitrogens with two attached hydrogens (primary N) is 1. The molecule has 1 unspecified atom stereocenters. The van der Waals surface area contributed by atoms with Gasteiger partial charge in [0.25, 0.3) is 0 Å². The molecule has 0 aliphatic heterocycles.